The van der Waals surface area contributed by atoms with Crippen molar-refractivity contribution in [2.75, 3.05) is 14.2 Å². The number of aryl methyl sites for hydroxylation is 1. The van der Waals surface area contributed by atoms with E-state index in [2.05, 4.69) is 4.98 Å². The van der Waals surface area contributed by atoms with Gasteiger partial charge in [0.25, 0.3) is 10.0 Å². The molecule has 6 nitrogen and oxygen atoms in total. The first-order chi connectivity index (χ1) is 15.8. The number of methoxy groups -OCH3 is 2. The first-order valence-electron chi connectivity index (χ1n) is 9.83. The lowest BCUT2D eigenvalue weighted by Gasteiger charge is -2.14. The summed E-state index contributed by atoms with van der Waals surface area (Å²) in [5.41, 5.74) is 2.02. The van der Waals surface area contributed by atoms with E-state index in [9.17, 15) is 8.42 Å². The van der Waals surface area contributed by atoms with E-state index in [0.29, 0.717) is 49.3 Å². The molecule has 2 aromatic carbocycles. The molecule has 2 heterocycles. The second-order valence-electron chi connectivity index (χ2n) is 7.19. The Morgan fingerprint density at radius 1 is 0.970 bits per heavy atom. The summed E-state index contributed by atoms with van der Waals surface area (Å²) in [6.07, 6.45) is 2.79. The molecule has 4 rings (SSSR count). The number of halogens is 3. The first-order valence-corrected chi connectivity index (χ1v) is 13.1. The van der Waals surface area contributed by atoms with Gasteiger partial charge >= 0.3 is 0 Å². The van der Waals surface area contributed by atoms with Gasteiger partial charge in [-0.1, -0.05) is 41.4 Å². The molecule has 0 aliphatic heterocycles. The van der Waals surface area contributed by atoms with Gasteiger partial charge in [-0.3, -0.25) is 0 Å². The van der Waals surface area contributed by atoms with Crippen LogP contribution in [0.1, 0.15) is 11.1 Å². The molecule has 0 saturated heterocycles. The number of ether oxygens (including phenoxy) is 2. The monoisotopic (exact) mass is 616 g/mol. The van der Waals surface area contributed by atoms with Crippen molar-refractivity contribution in [3.05, 3.63) is 79.6 Å². The molecule has 33 heavy (non-hydrogen) atoms. The Hall–Kier alpha value is -2.01. The minimum Gasteiger partial charge on any atom is -0.495 e. The molecule has 0 atom stereocenters. The maximum absolute atomic E-state index is 13.2. The largest absolute Gasteiger partial charge is 0.495 e. The van der Waals surface area contributed by atoms with Crippen molar-refractivity contribution in [2.24, 2.45) is 0 Å². The molecule has 0 saturated carbocycles. The van der Waals surface area contributed by atoms with E-state index in [0.717, 1.165) is 10.9 Å². The number of hydrogen-bond acceptors (Lipinski definition) is 5. The van der Waals surface area contributed by atoms with Crippen LogP contribution in [0.2, 0.25) is 10.0 Å². The number of hydrogen-bond donors (Lipinski definition) is 0. The molecule has 2 aromatic heterocycles. The number of nitrogens with zero attached hydrogens (tertiary/aromatic N) is 2. The topological polar surface area (TPSA) is 70.4 Å². The second-order valence-corrected chi connectivity index (χ2v) is 10.8. The van der Waals surface area contributed by atoms with Crippen molar-refractivity contribution in [3.63, 3.8) is 0 Å². The third-order valence-electron chi connectivity index (χ3n) is 5.22. The zero-order valence-electron chi connectivity index (χ0n) is 17.7. The van der Waals surface area contributed by atoms with Gasteiger partial charge in [0.1, 0.15) is 11.5 Å². The minimum absolute atomic E-state index is 0.211. The van der Waals surface area contributed by atoms with E-state index < -0.39 is 10.0 Å². The van der Waals surface area contributed by atoms with E-state index in [1.165, 1.54) is 18.2 Å². The number of fused-ring (bicyclic) bond motifs is 1. The van der Waals surface area contributed by atoms with Gasteiger partial charge in [0, 0.05) is 17.6 Å². The molecule has 10 heteroatoms. The van der Waals surface area contributed by atoms with Crippen molar-refractivity contribution < 1.29 is 17.9 Å². The average Bonchev–Trinajstić information content (AvgIpc) is 3.15. The highest BCUT2D eigenvalue weighted by molar-refractivity contribution is 14.1. The molecule has 0 aliphatic rings. The Kier molecular flexibility index (Phi) is 7.09. The van der Waals surface area contributed by atoms with Crippen molar-refractivity contribution in [1.82, 2.24) is 8.96 Å². The van der Waals surface area contributed by atoms with Crippen LogP contribution in [-0.4, -0.2) is 31.6 Å². The number of aromatic nitrogens is 2. The van der Waals surface area contributed by atoms with Crippen molar-refractivity contribution in [1.29, 1.82) is 0 Å². The predicted molar refractivity (Wildman–Crippen MR) is 138 cm³/mol. The SMILES string of the molecule is COc1cc(OC)c(Cl)c(CCc2cnc3c(c2)cc(I)n3S(=O)(=O)c2ccccc2)c1Cl. The van der Waals surface area contributed by atoms with Crippen LogP contribution in [0, 0.1) is 3.70 Å². The highest BCUT2D eigenvalue weighted by Gasteiger charge is 2.23. The maximum atomic E-state index is 13.2. The Morgan fingerprint density at radius 2 is 1.61 bits per heavy atom. The van der Waals surface area contributed by atoms with Gasteiger partial charge in [-0.15, -0.1) is 0 Å². The normalized spacial score (nSPS) is 11.7. The Labute approximate surface area is 215 Å². The predicted octanol–water partition coefficient (Wildman–Crippen LogP) is 5.99. The van der Waals surface area contributed by atoms with Crippen LogP contribution in [0.4, 0.5) is 0 Å². The highest BCUT2D eigenvalue weighted by Crippen LogP contribution is 2.41. The summed E-state index contributed by atoms with van der Waals surface area (Å²) in [4.78, 5) is 4.69. The summed E-state index contributed by atoms with van der Waals surface area (Å²) < 4.78 is 38.9. The molecule has 0 bridgehead atoms. The van der Waals surface area contributed by atoms with Crippen LogP contribution in [0.25, 0.3) is 11.0 Å². The third kappa shape index (κ3) is 4.53. The number of pyridine rings is 1. The van der Waals surface area contributed by atoms with Gasteiger partial charge in [0.15, 0.2) is 5.65 Å². The van der Waals surface area contributed by atoms with Gasteiger partial charge in [-0.2, -0.15) is 0 Å². The summed E-state index contributed by atoms with van der Waals surface area (Å²) in [7, 11) is -0.696. The van der Waals surface area contributed by atoms with E-state index in [4.69, 9.17) is 32.7 Å². The second kappa shape index (κ2) is 9.69. The van der Waals surface area contributed by atoms with Crippen LogP contribution in [0.15, 0.2) is 59.6 Å². The molecule has 0 radical (unpaired) electrons. The fourth-order valence-corrected chi connectivity index (χ4v) is 6.98. The van der Waals surface area contributed by atoms with Crippen molar-refractivity contribution >= 4 is 66.8 Å². The molecule has 0 N–H and O–H groups in total. The first kappa shape index (κ1) is 24.1. The average molecular weight is 617 g/mol. The fourth-order valence-electron chi connectivity index (χ4n) is 3.57. The standard InChI is InChI=1S/C23H19Cl2IN2O4S/c1-31-18-12-19(32-2)22(25)17(21(18)24)9-8-14-10-15-11-20(26)28(23(15)27-13-14)33(29,30)16-6-4-3-5-7-16/h3-7,10-13H,8-9H2,1-2H3. The Morgan fingerprint density at radius 3 is 2.21 bits per heavy atom. The van der Waals surface area contributed by atoms with E-state index >= 15 is 0 Å². The van der Waals surface area contributed by atoms with Crippen molar-refractivity contribution in [3.8, 4) is 11.5 Å². The minimum atomic E-state index is -3.76. The lowest BCUT2D eigenvalue weighted by atomic mass is 10.0. The molecule has 0 unspecified atom stereocenters. The summed E-state index contributed by atoms with van der Waals surface area (Å²) in [6, 6.07) is 13.7. The van der Waals surface area contributed by atoms with Gasteiger partial charge < -0.3 is 9.47 Å². The van der Waals surface area contributed by atoms with Gasteiger partial charge in [-0.05, 0) is 70.8 Å². The van der Waals surface area contributed by atoms with Crippen LogP contribution in [-0.2, 0) is 22.9 Å². The van der Waals surface area contributed by atoms with E-state index in [1.807, 2.05) is 28.7 Å². The molecule has 0 aliphatic carbocycles. The number of benzene rings is 2. The smallest absolute Gasteiger partial charge is 0.270 e. The molecule has 0 amide bonds. The van der Waals surface area contributed by atoms with E-state index in [-0.39, 0.29) is 4.90 Å². The molecular formula is C23H19Cl2IN2O4S. The van der Waals surface area contributed by atoms with Crippen LogP contribution < -0.4 is 9.47 Å². The summed E-state index contributed by atoms with van der Waals surface area (Å²) in [5, 5.41) is 1.61. The Bertz CT molecular complexity index is 1410. The van der Waals surface area contributed by atoms with E-state index in [1.54, 1.807) is 48.7 Å². The fraction of sp³-hybridized carbons (Fsp3) is 0.174. The van der Waals surface area contributed by atoms with Crippen LogP contribution >= 0.6 is 45.8 Å². The van der Waals surface area contributed by atoms with Crippen LogP contribution in [0.5, 0.6) is 11.5 Å². The molecule has 4 aromatic rings. The van der Waals surface area contributed by atoms with Gasteiger partial charge in [-0.25, -0.2) is 17.4 Å². The summed E-state index contributed by atoms with van der Waals surface area (Å²) >= 11 is 15.0. The molecular weight excluding hydrogens is 598 g/mol. The number of rotatable bonds is 7. The summed E-state index contributed by atoms with van der Waals surface area (Å²) in [5.74, 6) is 0.971. The molecule has 0 spiro atoms. The van der Waals surface area contributed by atoms with Gasteiger partial charge in [0.2, 0.25) is 0 Å². The van der Waals surface area contributed by atoms with Crippen molar-refractivity contribution in [2.45, 2.75) is 17.7 Å². The zero-order chi connectivity index (χ0) is 23.8. The quantitative estimate of drug-likeness (QED) is 0.239. The molecule has 0 fully saturated rings. The molecule has 172 valence electrons. The lowest BCUT2D eigenvalue weighted by molar-refractivity contribution is 0.393. The highest BCUT2D eigenvalue weighted by atomic mass is 127. The van der Waals surface area contributed by atoms with Gasteiger partial charge in [0.05, 0.1) is 32.9 Å². The van der Waals surface area contributed by atoms with Crippen LogP contribution in [0.3, 0.4) is 0 Å². The lowest BCUT2D eigenvalue weighted by Crippen LogP contribution is -2.14. The zero-order valence-corrected chi connectivity index (χ0v) is 22.2. The third-order valence-corrected chi connectivity index (χ3v) is 8.89. The summed E-state index contributed by atoms with van der Waals surface area (Å²) in [6.45, 7) is 0. The Balaban J connectivity index is 1.68. The maximum Gasteiger partial charge on any atom is 0.270 e.